The Bertz CT molecular complexity index is 889. The molecule has 2 aromatic heterocycles. The third-order valence-corrected chi connectivity index (χ3v) is 4.09. The summed E-state index contributed by atoms with van der Waals surface area (Å²) in [5, 5.41) is 16.6. The van der Waals surface area contributed by atoms with E-state index in [-0.39, 0.29) is 12.5 Å². The van der Waals surface area contributed by atoms with Crippen LogP contribution >= 0.6 is 0 Å². The standard InChI is InChI=1S/C18H17N5O3/c24-18(25)8-13-10-23(21-20-13)14-6-7-17(19-9-14)22-11-16(12-22)26-15-4-2-1-3-5-15/h1-7,9-10,16H,8,11-12H2,(H,24,25). The van der Waals surface area contributed by atoms with E-state index in [4.69, 9.17) is 9.84 Å². The average Bonchev–Trinajstić information content (AvgIpc) is 3.07. The lowest BCUT2D eigenvalue weighted by Crippen LogP contribution is -2.54. The maximum atomic E-state index is 10.7. The van der Waals surface area contributed by atoms with Gasteiger partial charge in [0, 0.05) is 0 Å². The van der Waals surface area contributed by atoms with Crippen molar-refractivity contribution in [3.05, 3.63) is 60.6 Å². The summed E-state index contributed by atoms with van der Waals surface area (Å²) in [5.74, 6) is 0.812. The maximum Gasteiger partial charge on any atom is 0.309 e. The van der Waals surface area contributed by atoms with Gasteiger partial charge < -0.3 is 14.7 Å². The number of pyridine rings is 1. The monoisotopic (exact) mass is 351 g/mol. The Labute approximate surface area is 149 Å². The Morgan fingerprint density at radius 2 is 2.00 bits per heavy atom. The Hall–Kier alpha value is -3.42. The molecule has 0 aliphatic carbocycles. The predicted octanol–water partition coefficient (Wildman–Crippen LogP) is 1.56. The first kappa shape index (κ1) is 16.1. The van der Waals surface area contributed by atoms with Gasteiger partial charge in [0.1, 0.15) is 17.7 Å². The normalized spacial score (nSPS) is 14.1. The Balaban J connectivity index is 1.35. The van der Waals surface area contributed by atoms with Crippen LogP contribution in [-0.4, -0.2) is 50.2 Å². The summed E-state index contributed by atoms with van der Waals surface area (Å²) >= 11 is 0. The third-order valence-electron chi connectivity index (χ3n) is 4.09. The van der Waals surface area contributed by atoms with Crippen molar-refractivity contribution in [3.63, 3.8) is 0 Å². The summed E-state index contributed by atoms with van der Waals surface area (Å²) in [4.78, 5) is 17.3. The van der Waals surface area contributed by atoms with Crippen LogP contribution in [0.2, 0.25) is 0 Å². The van der Waals surface area contributed by atoms with Crippen LogP contribution in [0.15, 0.2) is 54.9 Å². The lowest BCUT2D eigenvalue weighted by Gasteiger charge is -2.39. The highest BCUT2D eigenvalue weighted by molar-refractivity contribution is 5.69. The molecule has 1 aliphatic rings. The van der Waals surface area contributed by atoms with E-state index < -0.39 is 5.97 Å². The number of hydrogen-bond acceptors (Lipinski definition) is 6. The lowest BCUT2D eigenvalue weighted by atomic mass is 10.1. The van der Waals surface area contributed by atoms with Crippen LogP contribution in [0.25, 0.3) is 5.69 Å². The predicted molar refractivity (Wildman–Crippen MR) is 93.6 cm³/mol. The molecule has 0 atom stereocenters. The van der Waals surface area contributed by atoms with Gasteiger partial charge in [-0.2, -0.15) is 0 Å². The number of ether oxygens (including phenoxy) is 1. The van der Waals surface area contributed by atoms with Crippen LogP contribution in [0.4, 0.5) is 5.82 Å². The average molecular weight is 351 g/mol. The van der Waals surface area contributed by atoms with E-state index >= 15 is 0 Å². The highest BCUT2D eigenvalue weighted by Gasteiger charge is 2.29. The molecule has 8 heteroatoms. The number of rotatable bonds is 6. The van der Waals surface area contributed by atoms with Crippen molar-refractivity contribution in [2.24, 2.45) is 0 Å². The molecule has 0 unspecified atom stereocenters. The number of para-hydroxylation sites is 1. The van der Waals surface area contributed by atoms with Crippen LogP contribution in [0, 0.1) is 0 Å². The smallest absolute Gasteiger partial charge is 0.309 e. The highest BCUT2D eigenvalue weighted by atomic mass is 16.5. The van der Waals surface area contributed by atoms with Gasteiger partial charge in [-0.05, 0) is 24.3 Å². The maximum absolute atomic E-state index is 10.7. The van der Waals surface area contributed by atoms with Gasteiger partial charge in [0.2, 0.25) is 0 Å². The first-order chi connectivity index (χ1) is 12.7. The zero-order chi connectivity index (χ0) is 17.9. The van der Waals surface area contributed by atoms with Crippen LogP contribution in [0.3, 0.4) is 0 Å². The molecule has 1 saturated heterocycles. The Morgan fingerprint density at radius 3 is 2.69 bits per heavy atom. The molecule has 8 nitrogen and oxygen atoms in total. The van der Waals surface area contributed by atoms with Crippen LogP contribution in [0.1, 0.15) is 5.69 Å². The van der Waals surface area contributed by atoms with Crippen molar-refractivity contribution >= 4 is 11.8 Å². The second kappa shape index (κ2) is 6.83. The van der Waals surface area contributed by atoms with E-state index in [0.717, 1.165) is 30.3 Å². The summed E-state index contributed by atoms with van der Waals surface area (Å²) < 4.78 is 7.41. The number of carboxylic acids is 1. The molecule has 0 radical (unpaired) electrons. The minimum absolute atomic E-state index is 0.151. The van der Waals surface area contributed by atoms with Gasteiger partial charge in [0.25, 0.3) is 0 Å². The van der Waals surface area contributed by atoms with Crippen molar-refractivity contribution < 1.29 is 14.6 Å². The lowest BCUT2D eigenvalue weighted by molar-refractivity contribution is -0.136. The SMILES string of the molecule is O=C(O)Cc1cn(-c2ccc(N3CC(Oc4ccccc4)C3)nc2)nn1. The number of hydrogen-bond donors (Lipinski definition) is 1. The topological polar surface area (TPSA) is 93.4 Å². The molecule has 0 saturated carbocycles. The van der Waals surface area contributed by atoms with E-state index in [1.165, 1.54) is 4.68 Å². The van der Waals surface area contributed by atoms with Gasteiger partial charge in [-0.25, -0.2) is 9.67 Å². The van der Waals surface area contributed by atoms with Gasteiger partial charge in [-0.15, -0.1) is 5.10 Å². The fourth-order valence-corrected chi connectivity index (χ4v) is 2.75. The molecule has 1 aliphatic heterocycles. The van der Waals surface area contributed by atoms with Gasteiger partial charge >= 0.3 is 5.97 Å². The summed E-state index contributed by atoms with van der Waals surface area (Å²) in [6.45, 7) is 1.57. The molecular weight excluding hydrogens is 334 g/mol. The van der Waals surface area contributed by atoms with Crippen LogP contribution in [-0.2, 0) is 11.2 Å². The second-order valence-electron chi connectivity index (χ2n) is 6.06. The minimum atomic E-state index is -0.935. The quantitative estimate of drug-likeness (QED) is 0.720. The summed E-state index contributed by atoms with van der Waals surface area (Å²) in [6.07, 6.45) is 3.30. The van der Waals surface area contributed by atoms with Crippen LogP contribution in [0.5, 0.6) is 5.75 Å². The van der Waals surface area contributed by atoms with Crippen LogP contribution < -0.4 is 9.64 Å². The molecule has 1 N–H and O–H groups in total. The first-order valence-electron chi connectivity index (χ1n) is 8.23. The van der Waals surface area contributed by atoms with Gasteiger partial charge in [-0.1, -0.05) is 23.4 Å². The van der Waals surface area contributed by atoms with Crippen molar-refractivity contribution in [1.82, 2.24) is 20.0 Å². The fourth-order valence-electron chi connectivity index (χ4n) is 2.75. The van der Waals surface area contributed by atoms with E-state index in [9.17, 15) is 4.79 Å². The highest BCUT2D eigenvalue weighted by Crippen LogP contribution is 2.23. The Morgan fingerprint density at radius 1 is 1.19 bits per heavy atom. The number of aromatic nitrogens is 4. The summed E-state index contributed by atoms with van der Waals surface area (Å²) in [6, 6.07) is 13.6. The molecule has 0 amide bonds. The van der Waals surface area contributed by atoms with E-state index in [1.807, 2.05) is 42.5 Å². The van der Waals surface area contributed by atoms with Gasteiger partial charge in [0.15, 0.2) is 0 Å². The molecular formula is C18H17N5O3. The molecule has 1 aromatic carbocycles. The molecule has 1 fully saturated rings. The number of benzene rings is 1. The summed E-state index contributed by atoms with van der Waals surface area (Å²) in [7, 11) is 0. The van der Waals surface area contributed by atoms with Gasteiger partial charge in [0.05, 0.1) is 43.3 Å². The van der Waals surface area contributed by atoms with E-state index in [2.05, 4.69) is 20.2 Å². The largest absolute Gasteiger partial charge is 0.487 e. The third kappa shape index (κ3) is 3.49. The first-order valence-corrected chi connectivity index (χ1v) is 8.23. The zero-order valence-electron chi connectivity index (χ0n) is 13.9. The van der Waals surface area contributed by atoms with E-state index in [0.29, 0.717) is 5.69 Å². The fraction of sp³-hybridized carbons (Fsp3) is 0.222. The molecule has 26 heavy (non-hydrogen) atoms. The van der Waals surface area contributed by atoms with Crippen molar-refractivity contribution in [3.8, 4) is 11.4 Å². The second-order valence-corrected chi connectivity index (χ2v) is 6.06. The molecule has 0 spiro atoms. The molecule has 3 aromatic rings. The van der Waals surface area contributed by atoms with Crippen molar-refractivity contribution in [1.29, 1.82) is 0 Å². The van der Waals surface area contributed by atoms with Crippen molar-refractivity contribution in [2.45, 2.75) is 12.5 Å². The summed E-state index contributed by atoms with van der Waals surface area (Å²) in [5.41, 5.74) is 1.14. The molecule has 3 heterocycles. The number of carbonyl (C=O) groups is 1. The molecule has 4 rings (SSSR count). The molecule has 132 valence electrons. The Kier molecular flexibility index (Phi) is 4.22. The van der Waals surface area contributed by atoms with Crippen molar-refractivity contribution in [2.75, 3.05) is 18.0 Å². The zero-order valence-corrected chi connectivity index (χ0v) is 13.9. The molecule has 0 bridgehead atoms. The van der Waals surface area contributed by atoms with Gasteiger partial charge in [-0.3, -0.25) is 4.79 Å². The van der Waals surface area contributed by atoms with E-state index in [1.54, 1.807) is 12.4 Å². The minimum Gasteiger partial charge on any atom is -0.487 e. The number of aliphatic carboxylic acids is 1. The number of anilines is 1. The number of nitrogens with zero attached hydrogens (tertiary/aromatic N) is 5. The number of carboxylic acid groups (broad SMARTS) is 1.